The SMILES string of the molecule is Cc1ccccc1NC(=O)C(=O)NCc1ccccc1O. The van der Waals surface area contributed by atoms with Crippen LogP contribution in [0.25, 0.3) is 0 Å². The van der Waals surface area contributed by atoms with Gasteiger partial charge in [-0.05, 0) is 24.6 Å². The summed E-state index contributed by atoms with van der Waals surface area (Å²) in [6.45, 7) is 1.93. The monoisotopic (exact) mass is 284 g/mol. The van der Waals surface area contributed by atoms with Crippen LogP contribution in [0.4, 0.5) is 5.69 Å². The number of hydrogen-bond acceptors (Lipinski definition) is 3. The Morgan fingerprint density at radius 2 is 1.67 bits per heavy atom. The van der Waals surface area contributed by atoms with Crippen molar-refractivity contribution in [1.29, 1.82) is 0 Å². The second-order valence-corrected chi connectivity index (χ2v) is 4.58. The Morgan fingerprint density at radius 1 is 1.00 bits per heavy atom. The van der Waals surface area contributed by atoms with Gasteiger partial charge in [-0.1, -0.05) is 36.4 Å². The van der Waals surface area contributed by atoms with Gasteiger partial charge in [-0.25, -0.2) is 0 Å². The van der Waals surface area contributed by atoms with Crippen LogP contribution in [-0.2, 0) is 16.1 Å². The third-order valence-corrected chi connectivity index (χ3v) is 3.03. The normalized spacial score (nSPS) is 9.95. The van der Waals surface area contributed by atoms with Gasteiger partial charge in [0.1, 0.15) is 5.75 Å². The summed E-state index contributed by atoms with van der Waals surface area (Å²) in [6.07, 6.45) is 0. The second-order valence-electron chi connectivity index (χ2n) is 4.58. The second kappa shape index (κ2) is 6.56. The number of phenols is 1. The van der Waals surface area contributed by atoms with E-state index in [-0.39, 0.29) is 12.3 Å². The van der Waals surface area contributed by atoms with E-state index in [1.807, 2.05) is 19.1 Å². The Balaban J connectivity index is 1.93. The first kappa shape index (κ1) is 14.6. The maximum Gasteiger partial charge on any atom is 0.313 e. The highest BCUT2D eigenvalue weighted by Crippen LogP contribution is 2.15. The lowest BCUT2D eigenvalue weighted by atomic mass is 10.2. The maximum atomic E-state index is 11.8. The van der Waals surface area contributed by atoms with E-state index >= 15 is 0 Å². The average Bonchev–Trinajstić information content (AvgIpc) is 2.48. The summed E-state index contributed by atoms with van der Waals surface area (Å²) in [5.41, 5.74) is 2.02. The minimum atomic E-state index is -0.749. The number of amides is 2. The number of benzene rings is 2. The predicted molar refractivity (Wildman–Crippen MR) is 79.8 cm³/mol. The molecule has 2 aromatic carbocycles. The van der Waals surface area contributed by atoms with Crippen LogP contribution in [0, 0.1) is 6.92 Å². The summed E-state index contributed by atoms with van der Waals surface area (Å²) < 4.78 is 0. The smallest absolute Gasteiger partial charge is 0.313 e. The van der Waals surface area contributed by atoms with Gasteiger partial charge in [0.15, 0.2) is 0 Å². The van der Waals surface area contributed by atoms with Gasteiger partial charge < -0.3 is 15.7 Å². The van der Waals surface area contributed by atoms with Crippen LogP contribution in [0.5, 0.6) is 5.75 Å². The third kappa shape index (κ3) is 3.82. The number of anilines is 1. The topological polar surface area (TPSA) is 78.4 Å². The van der Waals surface area contributed by atoms with Crippen molar-refractivity contribution < 1.29 is 14.7 Å². The molecule has 0 saturated heterocycles. The maximum absolute atomic E-state index is 11.8. The first-order valence-corrected chi connectivity index (χ1v) is 6.49. The molecule has 108 valence electrons. The molecule has 3 N–H and O–H groups in total. The van der Waals surface area contributed by atoms with Gasteiger partial charge in [0.25, 0.3) is 0 Å². The van der Waals surface area contributed by atoms with Crippen molar-refractivity contribution in [3.05, 3.63) is 59.7 Å². The van der Waals surface area contributed by atoms with E-state index in [0.717, 1.165) is 5.56 Å². The van der Waals surface area contributed by atoms with Crippen molar-refractivity contribution in [1.82, 2.24) is 5.32 Å². The zero-order chi connectivity index (χ0) is 15.2. The zero-order valence-corrected chi connectivity index (χ0v) is 11.6. The highest BCUT2D eigenvalue weighted by atomic mass is 16.3. The van der Waals surface area contributed by atoms with E-state index in [0.29, 0.717) is 11.3 Å². The quantitative estimate of drug-likeness (QED) is 0.754. The standard InChI is InChI=1S/C16H16N2O3/c1-11-6-2-4-8-13(11)18-16(21)15(20)17-10-12-7-3-5-9-14(12)19/h2-9,19H,10H2,1H3,(H,17,20)(H,18,21). The summed E-state index contributed by atoms with van der Waals surface area (Å²) in [6, 6.07) is 13.8. The van der Waals surface area contributed by atoms with Crippen LogP contribution in [0.15, 0.2) is 48.5 Å². The fourth-order valence-corrected chi connectivity index (χ4v) is 1.81. The molecule has 2 amide bonds. The number of aromatic hydroxyl groups is 1. The Bertz CT molecular complexity index is 668. The van der Waals surface area contributed by atoms with Gasteiger partial charge in [-0.3, -0.25) is 9.59 Å². The van der Waals surface area contributed by atoms with Crippen molar-refractivity contribution in [3.8, 4) is 5.75 Å². The fraction of sp³-hybridized carbons (Fsp3) is 0.125. The van der Waals surface area contributed by atoms with E-state index in [1.165, 1.54) is 6.07 Å². The van der Waals surface area contributed by atoms with Gasteiger partial charge in [-0.15, -0.1) is 0 Å². The van der Waals surface area contributed by atoms with E-state index < -0.39 is 11.8 Å². The highest BCUT2D eigenvalue weighted by Gasteiger charge is 2.14. The molecule has 5 heteroatoms. The number of aryl methyl sites for hydroxylation is 1. The van der Waals surface area contributed by atoms with E-state index in [2.05, 4.69) is 10.6 Å². The summed E-state index contributed by atoms with van der Waals surface area (Å²) in [5.74, 6) is -1.40. The molecular formula is C16H16N2O3. The fourth-order valence-electron chi connectivity index (χ4n) is 1.81. The molecule has 0 aliphatic carbocycles. The molecule has 0 aliphatic rings. The minimum Gasteiger partial charge on any atom is -0.508 e. The Labute approximate surface area is 122 Å². The van der Waals surface area contributed by atoms with E-state index in [1.54, 1.807) is 30.3 Å². The molecule has 0 saturated carbocycles. The van der Waals surface area contributed by atoms with Crippen LogP contribution < -0.4 is 10.6 Å². The Hall–Kier alpha value is -2.82. The molecule has 21 heavy (non-hydrogen) atoms. The lowest BCUT2D eigenvalue weighted by Crippen LogP contribution is -2.35. The number of carbonyl (C=O) groups excluding carboxylic acids is 2. The van der Waals surface area contributed by atoms with Crippen molar-refractivity contribution in [2.75, 3.05) is 5.32 Å². The molecule has 5 nitrogen and oxygen atoms in total. The van der Waals surface area contributed by atoms with Crippen LogP contribution in [0.1, 0.15) is 11.1 Å². The summed E-state index contributed by atoms with van der Waals surface area (Å²) >= 11 is 0. The van der Waals surface area contributed by atoms with Gasteiger partial charge in [0, 0.05) is 17.8 Å². The molecule has 0 spiro atoms. The molecule has 0 aliphatic heterocycles. The van der Waals surface area contributed by atoms with Crippen LogP contribution in [0.3, 0.4) is 0 Å². The van der Waals surface area contributed by atoms with Crippen molar-refractivity contribution in [3.63, 3.8) is 0 Å². The van der Waals surface area contributed by atoms with Crippen LogP contribution >= 0.6 is 0 Å². The molecule has 0 atom stereocenters. The first-order valence-electron chi connectivity index (χ1n) is 6.49. The molecule has 0 unspecified atom stereocenters. The van der Waals surface area contributed by atoms with Gasteiger partial charge in [0.05, 0.1) is 0 Å². The van der Waals surface area contributed by atoms with Gasteiger partial charge in [0.2, 0.25) is 0 Å². The Morgan fingerprint density at radius 3 is 2.38 bits per heavy atom. The summed E-state index contributed by atoms with van der Waals surface area (Å²) in [5, 5.41) is 14.6. The van der Waals surface area contributed by atoms with E-state index in [4.69, 9.17) is 0 Å². The van der Waals surface area contributed by atoms with Crippen molar-refractivity contribution in [2.45, 2.75) is 13.5 Å². The largest absolute Gasteiger partial charge is 0.508 e. The average molecular weight is 284 g/mol. The number of nitrogens with one attached hydrogen (secondary N) is 2. The number of phenolic OH excluding ortho intramolecular Hbond substituents is 1. The third-order valence-electron chi connectivity index (χ3n) is 3.03. The lowest BCUT2D eigenvalue weighted by Gasteiger charge is -2.09. The van der Waals surface area contributed by atoms with E-state index in [9.17, 15) is 14.7 Å². The molecule has 0 heterocycles. The first-order chi connectivity index (χ1) is 10.1. The van der Waals surface area contributed by atoms with Gasteiger partial charge >= 0.3 is 11.8 Å². The molecule has 0 radical (unpaired) electrons. The number of hydrogen-bond donors (Lipinski definition) is 3. The molecule has 2 aromatic rings. The molecule has 0 bridgehead atoms. The predicted octanol–water partition coefficient (Wildman–Crippen LogP) is 1.96. The molecule has 2 rings (SSSR count). The number of para-hydroxylation sites is 2. The summed E-state index contributed by atoms with van der Waals surface area (Å²) in [7, 11) is 0. The highest BCUT2D eigenvalue weighted by molar-refractivity contribution is 6.39. The van der Waals surface area contributed by atoms with Crippen molar-refractivity contribution in [2.24, 2.45) is 0 Å². The molecule has 0 aromatic heterocycles. The van der Waals surface area contributed by atoms with Crippen molar-refractivity contribution >= 4 is 17.5 Å². The summed E-state index contributed by atoms with van der Waals surface area (Å²) in [4.78, 5) is 23.5. The zero-order valence-electron chi connectivity index (χ0n) is 11.6. The lowest BCUT2D eigenvalue weighted by molar-refractivity contribution is -0.136. The van der Waals surface area contributed by atoms with Gasteiger partial charge in [-0.2, -0.15) is 0 Å². The van der Waals surface area contributed by atoms with Crippen LogP contribution in [0.2, 0.25) is 0 Å². The number of carbonyl (C=O) groups is 2. The number of rotatable bonds is 3. The molecular weight excluding hydrogens is 268 g/mol. The minimum absolute atomic E-state index is 0.0807. The molecule has 0 fully saturated rings. The van der Waals surface area contributed by atoms with Crippen LogP contribution in [-0.4, -0.2) is 16.9 Å². The Kier molecular flexibility index (Phi) is 4.56.